The van der Waals surface area contributed by atoms with Crippen LogP contribution < -0.4 is 15.5 Å². The normalized spacial score (nSPS) is 14.0. The molecular weight excluding hydrogens is 470 g/mol. The number of nitrogens with zero attached hydrogens (tertiary/aromatic N) is 6. The summed E-state index contributed by atoms with van der Waals surface area (Å²) in [5, 5.41) is 37.7. The summed E-state index contributed by atoms with van der Waals surface area (Å²) in [6.45, 7) is 1.33. The van der Waals surface area contributed by atoms with Gasteiger partial charge in [0.05, 0.1) is 23.9 Å². The second-order valence-corrected chi connectivity index (χ2v) is 7.67. The van der Waals surface area contributed by atoms with Crippen LogP contribution in [-0.4, -0.2) is 59.0 Å². The Morgan fingerprint density at radius 2 is 1.97 bits per heavy atom. The summed E-state index contributed by atoms with van der Waals surface area (Å²) in [7, 11) is 0. The van der Waals surface area contributed by atoms with E-state index in [1.54, 1.807) is 15.9 Å². The molecule has 36 heavy (non-hydrogen) atoms. The molecular formula is C23H22F2N10O. The molecule has 184 valence electrons. The number of halogens is 2. The molecule has 0 radical (unpaired) electrons. The predicted octanol–water partition coefficient (Wildman–Crippen LogP) is 2.71. The van der Waals surface area contributed by atoms with E-state index in [9.17, 15) is 13.6 Å². The van der Waals surface area contributed by atoms with Crippen LogP contribution in [-0.2, 0) is 0 Å². The first kappa shape index (κ1) is 25.7. The fraction of sp³-hybridized carbons (Fsp3) is 0.261. The fourth-order valence-corrected chi connectivity index (χ4v) is 3.48. The number of piperazine rings is 1. The Bertz CT molecular complexity index is 1260. The summed E-state index contributed by atoms with van der Waals surface area (Å²) in [6, 6.07) is 6.21. The number of anilines is 2. The minimum atomic E-state index is -0.709. The molecule has 11 nitrogen and oxygen atoms in total. The zero-order valence-electron chi connectivity index (χ0n) is 19.0. The van der Waals surface area contributed by atoms with E-state index < -0.39 is 23.7 Å². The Hall–Kier alpha value is -4.91. The Kier molecular flexibility index (Phi) is 8.56. The number of nitriles is 2. The molecule has 0 unspecified atom stereocenters. The van der Waals surface area contributed by atoms with Crippen LogP contribution in [0.2, 0.25) is 0 Å². The van der Waals surface area contributed by atoms with E-state index in [1.807, 2.05) is 6.07 Å². The second kappa shape index (κ2) is 12.0. The Labute approximate surface area is 205 Å². The third kappa shape index (κ3) is 6.57. The molecule has 1 saturated heterocycles. The van der Waals surface area contributed by atoms with E-state index in [-0.39, 0.29) is 29.5 Å². The lowest BCUT2D eigenvalue weighted by Gasteiger charge is -2.35. The highest BCUT2D eigenvalue weighted by Gasteiger charge is 2.25. The number of hydrogen-bond acceptors (Lipinski definition) is 9. The van der Waals surface area contributed by atoms with Crippen molar-refractivity contribution in [3.05, 3.63) is 59.4 Å². The number of hydrogen-bond donors (Lipinski definition) is 4. The Balaban J connectivity index is 1.63. The number of rotatable bonds is 8. The van der Waals surface area contributed by atoms with E-state index in [4.69, 9.17) is 21.3 Å². The van der Waals surface area contributed by atoms with Crippen LogP contribution >= 0.6 is 0 Å². The van der Waals surface area contributed by atoms with Gasteiger partial charge in [0.15, 0.2) is 11.6 Å². The molecule has 1 aliphatic heterocycles. The first-order chi connectivity index (χ1) is 17.3. The molecule has 1 aliphatic rings. The topological polar surface area (TPSA) is 169 Å². The maximum atomic E-state index is 14.0. The second-order valence-electron chi connectivity index (χ2n) is 7.67. The van der Waals surface area contributed by atoms with Gasteiger partial charge in [-0.15, -0.1) is 0 Å². The lowest BCUT2D eigenvalue weighted by Crippen LogP contribution is -2.52. The van der Waals surface area contributed by atoms with Gasteiger partial charge in [0, 0.05) is 38.8 Å². The van der Waals surface area contributed by atoms with Gasteiger partial charge in [-0.25, -0.2) is 18.6 Å². The molecule has 1 aromatic carbocycles. The summed E-state index contributed by atoms with van der Waals surface area (Å²) >= 11 is 0. The molecule has 2 amide bonds. The van der Waals surface area contributed by atoms with E-state index in [0.29, 0.717) is 31.7 Å². The molecule has 2 aromatic rings. The van der Waals surface area contributed by atoms with Gasteiger partial charge in [0.25, 0.3) is 0 Å². The van der Waals surface area contributed by atoms with Crippen LogP contribution in [0.5, 0.6) is 0 Å². The summed E-state index contributed by atoms with van der Waals surface area (Å²) in [5.41, 5.74) is 0.202. The molecule has 0 spiro atoms. The van der Waals surface area contributed by atoms with Gasteiger partial charge < -0.3 is 25.8 Å². The highest BCUT2D eigenvalue weighted by atomic mass is 19.1. The van der Waals surface area contributed by atoms with Crippen molar-refractivity contribution in [1.29, 1.82) is 21.3 Å². The summed E-state index contributed by atoms with van der Waals surface area (Å²) < 4.78 is 27.9. The highest BCUT2D eigenvalue weighted by Crippen LogP contribution is 2.21. The molecule has 1 fully saturated rings. The first-order valence-corrected chi connectivity index (χ1v) is 10.8. The van der Waals surface area contributed by atoms with Gasteiger partial charge in [-0.3, -0.25) is 5.41 Å². The average Bonchev–Trinajstić information content (AvgIpc) is 2.89. The van der Waals surface area contributed by atoms with Crippen LogP contribution in [0.4, 0.5) is 25.3 Å². The zero-order chi connectivity index (χ0) is 26.1. The predicted molar refractivity (Wildman–Crippen MR) is 128 cm³/mol. The molecule has 0 aliphatic carbocycles. The largest absolute Gasteiger partial charge is 0.344 e. The van der Waals surface area contributed by atoms with Crippen molar-refractivity contribution >= 4 is 29.7 Å². The number of amides is 2. The highest BCUT2D eigenvalue weighted by molar-refractivity contribution is 6.04. The van der Waals surface area contributed by atoms with Gasteiger partial charge >= 0.3 is 6.03 Å². The van der Waals surface area contributed by atoms with Crippen molar-refractivity contribution in [2.45, 2.75) is 12.5 Å². The molecule has 2 heterocycles. The van der Waals surface area contributed by atoms with Gasteiger partial charge in [-0.1, -0.05) is 0 Å². The van der Waals surface area contributed by atoms with Crippen LogP contribution in [0.15, 0.2) is 36.7 Å². The van der Waals surface area contributed by atoms with Crippen molar-refractivity contribution in [2.75, 3.05) is 36.4 Å². The minimum absolute atomic E-state index is 0.120. The molecule has 1 aromatic heterocycles. The summed E-state index contributed by atoms with van der Waals surface area (Å²) in [6.07, 6.45) is 4.63. The lowest BCUT2D eigenvalue weighted by atomic mass is 10.0. The third-order valence-electron chi connectivity index (χ3n) is 5.27. The van der Waals surface area contributed by atoms with Crippen LogP contribution in [0.1, 0.15) is 23.6 Å². The van der Waals surface area contributed by atoms with Gasteiger partial charge in [0.2, 0.25) is 5.95 Å². The molecule has 3 rings (SSSR count). The Morgan fingerprint density at radius 1 is 1.22 bits per heavy atom. The van der Waals surface area contributed by atoms with Gasteiger partial charge in [0.1, 0.15) is 17.6 Å². The number of urea groups is 1. The van der Waals surface area contributed by atoms with E-state index in [0.717, 1.165) is 24.6 Å². The van der Waals surface area contributed by atoms with Crippen LogP contribution in [0.3, 0.4) is 0 Å². The van der Waals surface area contributed by atoms with Crippen molar-refractivity contribution in [1.82, 2.24) is 20.2 Å². The van der Waals surface area contributed by atoms with Crippen LogP contribution in [0.25, 0.3) is 0 Å². The summed E-state index contributed by atoms with van der Waals surface area (Å²) in [4.78, 5) is 24.3. The maximum absolute atomic E-state index is 14.0. The fourth-order valence-electron chi connectivity index (χ4n) is 3.48. The number of aromatic nitrogens is 2. The molecule has 0 bridgehead atoms. The third-order valence-corrected chi connectivity index (χ3v) is 5.27. The Morgan fingerprint density at radius 3 is 2.64 bits per heavy atom. The summed E-state index contributed by atoms with van der Waals surface area (Å²) in [5.74, 6) is -1.19. The van der Waals surface area contributed by atoms with Crippen LogP contribution in [0, 0.1) is 45.1 Å². The molecule has 0 saturated carbocycles. The number of allylic oxidation sites excluding steroid dienone is 1. The van der Waals surface area contributed by atoms with Crippen molar-refractivity contribution in [3.63, 3.8) is 0 Å². The van der Waals surface area contributed by atoms with Gasteiger partial charge in [-0.2, -0.15) is 15.5 Å². The van der Waals surface area contributed by atoms with E-state index in [1.165, 1.54) is 18.3 Å². The average molecular weight is 492 g/mol. The van der Waals surface area contributed by atoms with E-state index >= 15 is 0 Å². The number of nitrogens with one attached hydrogen (secondary N) is 4. The first-order valence-electron chi connectivity index (χ1n) is 10.8. The number of carbonyl (C=O) groups excluding carboxylic acids is 1. The standard InChI is InChI=1S/C23H22F2N10O/c24-17-10-15(12-27)9-16(11-17)20(1-3-26)32-23(36)35-7-5-34(6-8-35)22-31-14-19(25)21(33-22)30-4-2-18(29)13-28/h2-4,9-11,14,20,26,29H,1,5-8H2,(H,32,36)(H,30,31,33)/b4-2-,26-3?,29-18?/t20-/m0/s1. The monoisotopic (exact) mass is 492 g/mol. The van der Waals surface area contributed by atoms with Crippen molar-refractivity contribution in [2.24, 2.45) is 0 Å². The number of benzene rings is 1. The lowest BCUT2D eigenvalue weighted by molar-refractivity contribution is 0.190. The zero-order valence-corrected chi connectivity index (χ0v) is 19.0. The van der Waals surface area contributed by atoms with E-state index in [2.05, 4.69) is 20.6 Å². The number of carbonyl (C=O) groups is 1. The smallest absolute Gasteiger partial charge is 0.318 e. The van der Waals surface area contributed by atoms with Crippen molar-refractivity contribution in [3.8, 4) is 12.1 Å². The van der Waals surface area contributed by atoms with Crippen molar-refractivity contribution < 1.29 is 13.6 Å². The quantitative estimate of drug-likeness (QED) is 0.411. The van der Waals surface area contributed by atoms with Gasteiger partial charge in [-0.05, 0) is 36.1 Å². The molecule has 13 heteroatoms. The minimum Gasteiger partial charge on any atom is -0.344 e. The maximum Gasteiger partial charge on any atom is 0.318 e. The SMILES string of the molecule is N#CC(=N)/C=C\Nc1nc(N2CCN(C(=O)N[C@@H](CC=N)c3cc(F)cc(C#N)c3)CC2)ncc1F. The molecule has 4 N–H and O–H groups in total. The molecule has 1 atom stereocenters.